The maximum Gasteiger partial charge on any atom is 0.247 e. The second-order valence-electron chi connectivity index (χ2n) is 6.23. The SMILES string of the molecule is CCN(CC)CCOc1ccccc1NC(=O)C1CCCN1C(C)=O. The van der Waals surface area contributed by atoms with Gasteiger partial charge in [0.1, 0.15) is 18.4 Å². The summed E-state index contributed by atoms with van der Waals surface area (Å²) in [6.45, 7) is 9.79. The summed E-state index contributed by atoms with van der Waals surface area (Å²) >= 11 is 0. The highest BCUT2D eigenvalue weighted by Gasteiger charge is 2.32. The number of para-hydroxylation sites is 2. The van der Waals surface area contributed by atoms with E-state index in [-0.39, 0.29) is 17.9 Å². The molecule has 1 unspecified atom stereocenters. The number of carbonyl (C=O) groups is 2. The maximum atomic E-state index is 12.6. The van der Waals surface area contributed by atoms with Crippen molar-refractivity contribution in [3.63, 3.8) is 0 Å². The first-order chi connectivity index (χ1) is 12.1. The first-order valence-electron chi connectivity index (χ1n) is 9.09. The molecule has 1 aliphatic rings. The van der Waals surface area contributed by atoms with Gasteiger partial charge in [-0.1, -0.05) is 26.0 Å². The van der Waals surface area contributed by atoms with E-state index in [0.717, 1.165) is 26.1 Å². The van der Waals surface area contributed by atoms with Crippen LogP contribution in [0.1, 0.15) is 33.6 Å². The Morgan fingerprint density at radius 1 is 1.28 bits per heavy atom. The number of nitrogens with zero attached hydrogens (tertiary/aromatic N) is 2. The fraction of sp³-hybridized carbons (Fsp3) is 0.579. The minimum atomic E-state index is -0.388. The highest BCUT2D eigenvalue weighted by molar-refractivity contribution is 5.98. The molecule has 0 bridgehead atoms. The van der Waals surface area contributed by atoms with Gasteiger partial charge in [-0.15, -0.1) is 0 Å². The van der Waals surface area contributed by atoms with Crippen LogP contribution in [0.3, 0.4) is 0 Å². The average Bonchev–Trinajstić information content (AvgIpc) is 3.10. The highest BCUT2D eigenvalue weighted by atomic mass is 16.5. The molecule has 138 valence electrons. The smallest absolute Gasteiger partial charge is 0.247 e. The Morgan fingerprint density at radius 2 is 2.00 bits per heavy atom. The lowest BCUT2D eigenvalue weighted by atomic mass is 10.2. The lowest BCUT2D eigenvalue weighted by Gasteiger charge is -2.23. The topological polar surface area (TPSA) is 61.9 Å². The summed E-state index contributed by atoms with van der Waals surface area (Å²) in [7, 11) is 0. The third-order valence-electron chi connectivity index (χ3n) is 4.66. The molecule has 25 heavy (non-hydrogen) atoms. The summed E-state index contributed by atoms with van der Waals surface area (Å²) in [5, 5.41) is 2.93. The van der Waals surface area contributed by atoms with Gasteiger partial charge >= 0.3 is 0 Å². The zero-order chi connectivity index (χ0) is 18.2. The van der Waals surface area contributed by atoms with Gasteiger partial charge in [0.05, 0.1) is 5.69 Å². The van der Waals surface area contributed by atoms with Crippen LogP contribution in [0.4, 0.5) is 5.69 Å². The second-order valence-corrected chi connectivity index (χ2v) is 6.23. The number of carbonyl (C=O) groups excluding carboxylic acids is 2. The van der Waals surface area contributed by atoms with Gasteiger partial charge in [-0.2, -0.15) is 0 Å². The Labute approximate surface area is 150 Å². The molecule has 1 atom stereocenters. The molecule has 6 heteroatoms. The van der Waals surface area contributed by atoms with Gasteiger partial charge < -0.3 is 19.9 Å². The van der Waals surface area contributed by atoms with Gasteiger partial charge in [-0.25, -0.2) is 0 Å². The predicted octanol–water partition coefficient (Wildman–Crippen LogP) is 2.36. The number of hydrogen-bond donors (Lipinski definition) is 1. The Morgan fingerprint density at radius 3 is 2.68 bits per heavy atom. The molecule has 1 fully saturated rings. The van der Waals surface area contributed by atoms with E-state index in [1.54, 1.807) is 4.90 Å². The van der Waals surface area contributed by atoms with Crippen LogP contribution in [0.2, 0.25) is 0 Å². The summed E-state index contributed by atoms with van der Waals surface area (Å²) in [6, 6.07) is 7.05. The number of anilines is 1. The molecule has 0 radical (unpaired) electrons. The highest BCUT2D eigenvalue weighted by Crippen LogP contribution is 2.26. The molecule has 1 N–H and O–H groups in total. The van der Waals surface area contributed by atoms with Crippen LogP contribution in [0.15, 0.2) is 24.3 Å². The summed E-state index contributed by atoms with van der Waals surface area (Å²) in [5.74, 6) is 0.462. The molecule has 0 saturated carbocycles. The van der Waals surface area contributed by atoms with Crippen LogP contribution in [0.5, 0.6) is 5.75 Å². The van der Waals surface area contributed by atoms with Gasteiger partial charge in [0.2, 0.25) is 11.8 Å². The van der Waals surface area contributed by atoms with Crippen LogP contribution in [0.25, 0.3) is 0 Å². The molecule has 2 amide bonds. The molecule has 0 aliphatic carbocycles. The predicted molar refractivity (Wildman–Crippen MR) is 98.8 cm³/mol. The van der Waals surface area contributed by atoms with E-state index in [1.807, 2.05) is 24.3 Å². The van der Waals surface area contributed by atoms with Crippen molar-refractivity contribution in [1.82, 2.24) is 9.80 Å². The van der Waals surface area contributed by atoms with Crippen molar-refractivity contribution in [2.24, 2.45) is 0 Å². The number of nitrogens with one attached hydrogen (secondary N) is 1. The van der Waals surface area contributed by atoms with Crippen LogP contribution >= 0.6 is 0 Å². The number of rotatable bonds is 8. The summed E-state index contributed by atoms with van der Waals surface area (Å²) in [5.41, 5.74) is 0.655. The normalized spacial score (nSPS) is 17.0. The minimum absolute atomic E-state index is 0.0543. The van der Waals surface area contributed by atoms with Gasteiger partial charge in [-0.3, -0.25) is 9.59 Å². The fourth-order valence-electron chi connectivity index (χ4n) is 3.15. The zero-order valence-corrected chi connectivity index (χ0v) is 15.5. The molecule has 1 saturated heterocycles. The van der Waals surface area contributed by atoms with E-state index < -0.39 is 0 Å². The first kappa shape index (κ1) is 19.2. The number of likely N-dealkylation sites (N-methyl/N-ethyl adjacent to an activating group) is 1. The molecule has 0 aromatic heterocycles. The Kier molecular flexibility index (Phi) is 7.25. The van der Waals surface area contributed by atoms with Crippen molar-refractivity contribution < 1.29 is 14.3 Å². The molecule has 1 aromatic rings. The third-order valence-corrected chi connectivity index (χ3v) is 4.66. The lowest BCUT2D eigenvalue weighted by Crippen LogP contribution is -2.42. The third kappa shape index (κ3) is 5.19. The van der Waals surface area contributed by atoms with Crippen LogP contribution in [-0.4, -0.2) is 60.4 Å². The van der Waals surface area contributed by atoms with E-state index in [1.165, 1.54) is 6.92 Å². The van der Waals surface area contributed by atoms with E-state index >= 15 is 0 Å². The molecule has 6 nitrogen and oxygen atoms in total. The molecular weight excluding hydrogens is 318 g/mol. The van der Waals surface area contributed by atoms with Crippen LogP contribution in [0, 0.1) is 0 Å². The van der Waals surface area contributed by atoms with Crippen molar-refractivity contribution >= 4 is 17.5 Å². The molecule has 1 heterocycles. The second kappa shape index (κ2) is 9.42. The summed E-state index contributed by atoms with van der Waals surface area (Å²) in [4.78, 5) is 28.2. The van der Waals surface area contributed by atoms with Crippen LogP contribution in [-0.2, 0) is 9.59 Å². The molecule has 1 aliphatic heterocycles. The molecular formula is C19H29N3O3. The Hall–Kier alpha value is -2.08. The average molecular weight is 347 g/mol. The zero-order valence-electron chi connectivity index (χ0n) is 15.5. The van der Waals surface area contributed by atoms with Gasteiger partial charge in [0.15, 0.2) is 0 Å². The first-order valence-corrected chi connectivity index (χ1v) is 9.09. The summed E-state index contributed by atoms with van der Waals surface area (Å²) < 4.78 is 5.87. The van der Waals surface area contributed by atoms with Gasteiger partial charge in [0, 0.05) is 20.0 Å². The fourth-order valence-corrected chi connectivity index (χ4v) is 3.15. The van der Waals surface area contributed by atoms with E-state index in [0.29, 0.717) is 31.0 Å². The number of amides is 2. The Bertz CT molecular complexity index is 587. The van der Waals surface area contributed by atoms with Gasteiger partial charge in [-0.05, 0) is 38.1 Å². The van der Waals surface area contributed by atoms with E-state index in [9.17, 15) is 9.59 Å². The number of likely N-dealkylation sites (tertiary alicyclic amines) is 1. The van der Waals surface area contributed by atoms with E-state index in [2.05, 4.69) is 24.1 Å². The molecule has 2 rings (SSSR count). The van der Waals surface area contributed by atoms with E-state index in [4.69, 9.17) is 4.74 Å². The number of hydrogen-bond acceptors (Lipinski definition) is 4. The van der Waals surface area contributed by atoms with Crippen molar-refractivity contribution in [2.75, 3.05) is 38.1 Å². The number of benzene rings is 1. The van der Waals surface area contributed by atoms with Crippen molar-refractivity contribution in [3.8, 4) is 5.75 Å². The standard InChI is InChI=1S/C19H29N3O3/c1-4-21(5-2)13-14-25-18-11-7-6-9-16(18)20-19(24)17-10-8-12-22(17)15(3)23/h6-7,9,11,17H,4-5,8,10,12-14H2,1-3H3,(H,20,24). The monoisotopic (exact) mass is 347 g/mol. The summed E-state index contributed by atoms with van der Waals surface area (Å²) in [6.07, 6.45) is 1.57. The molecule has 1 aromatic carbocycles. The van der Waals surface area contributed by atoms with Crippen molar-refractivity contribution in [1.29, 1.82) is 0 Å². The largest absolute Gasteiger partial charge is 0.490 e. The van der Waals surface area contributed by atoms with Crippen molar-refractivity contribution in [3.05, 3.63) is 24.3 Å². The molecule has 0 spiro atoms. The maximum absolute atomic E-state index is 12.6. The quantitative estimate of drug-likeness (QED) is 0.784. The lowest BCUT2D eigenvalue weighted by molar-refractivity contribution is -0.134. The van der Waals surface area contributed by atoms with Gasteiger partial charge in [0.25, 0.3) is 0 Å². The minimum Gasteiger partial charge on any atom is -0.490 e. The van der Waals surface area contributed by atoms with Crippen LogP contribution < -0.4 is 10.1 Å². The number of ether oxygens (including phenoxy) is 1. The Balaban J connectivity index is 1.98. The van der Waals surface area contributed by atoms with Crippen molar-refractivity contribution in [2.45, 2.75) is 39.7 Å².